The van der Waals surface area contributed by atoms with E-state index in [4.69, 9.17) is 4.74 Å². The lowest BCUT2D eigenvalue weighted by Crippen LogP contribution is -2.33. The summed E-state index contributed by atoms with van der Waals surface area (Å²) >= 11 is 1.83. The van der Waals surface area contributed by atoms with Crippen molar-refractivity contribution in [2.45, 2.75) is 65.1 Å². The lowest BCUT2D eigenvalue weighted by molar-refractivity contribution is 0.111. The van der Waals surface area contributed by atoms with Gasteiger partial charge in [0.1, 0.15) is 11.1 Å². The minimum absolute atomic E-state index is 0.266. The predicted molar refractivity (Wildman–Crippen MR) is 80.5 cm³/mol. The molecular formula is C15H26N2OS. The highest BCUT2D eigenvalue weighted by atomic mass is 32.1. The first-order chi connectivity index (χ1) is 9.28. The topological polar surface area (TPSA) is 25.4 Å². The molecule has 0 saturated carbocycles. The van der Waals surface area contributed by atoms with Crippen LogP contribution in [0, 0.1) is 0 Å². The van der Waals surface area contributed by atoms with Gasteiger partial charge >= 0.3 is 0 Å². The van der Waals surface area contributed by atoms with E-state index in [1.165, 1.54) is 29.1 Å². The molecule has 1 aromatic heterocycles. The normalized spacial score (nSPS) is 19.7. The van der Waals surface area contributed by atoms with Crippen molar-refractivity contribution in [2.24, 2.45) is 0 Å². The lowest BCUT2D eigenvalue weighted by Gasteiger charge is -2.28. The van der Waals surface area contributed by atoms with Gasteiger partial charge in [-0.05, 0) is 32.2 Å². The van der Waals surface area contributed by atoms with Gasteiger partial charge in [-0.1, -0.05) is 20.8 Å². The Hall–Kier alpha value is -0.450. The molecule has 0 amide bonds. The van der Waals surface area contributed by atoms with E-state index in [-0.39, 0.29) is 6.10 Å². The number of hydrogen-bond donors (Lipinski definition) is 0. The molecule has 0 aliphatic carbocycles. The van der Waals surface area contributed by atoms with E-state index in [0.29, 0.717) is 6.04 Å². The van der Waals surface area contributed by atoms with E-state index in [1.54, 1.807) is 0 Å². The molecule has 4 heteroatoms. The number of thiazole rings is 1. The van der Waals surface area contributed by atoms with Crippen LogP contribution in [0.2, 0.25) is 0 Å². The molecule has 19 heavy (non-hydrogen) atoms. The van der Waals surface area contributed by atoms with Crippen LogP contribution in [0.5, 0.6) is 0 Å². The van der Waals surface area contributed by atoms with E-state index in [9.17, 15) is 0 Å². The maximum absolute atomic E-state index is 5.71. The van der Waals surface area contributed by atoms with Crippen LogP contribution in [0.15, 0.2) is 6.20 Å². The highest BCUT2D eigenvalue weighted by Crippen LogP contribution is 2.31. The molecule has 3 nitrogen and oxygen atoms in total. The van der Waals surface area contributed by atoms with Crippen molar-refractivity contribution in [3.63, 3.8) is 0 Å². The van der Waals surface area contributed by atoms with Crippen LogP contribution in [0.25, 0.3) is 0 Å². The van der Waals surface area contributed by atoms with Gasteiger partial charge in [-0.25, -0.2) is 4.98 Å². The summed E-state index contributed by atoms with van der Waals surface area (Å²) in [6.07, 6.45) is 7.07. The third-order valence-electron chi connectivity index (χ3n) is 4.00. The quantitative estimate of drug-likeness (QED) is 0.755. The Morgan fingerprint density at radius 1 is 1.42 bits per heavy atom. The van der Waals surface area contributed by atoms with E-state index in [1.807, 2.05) is 17.5 Å². The molecule has 1 fully saturated rings. The molecule has 108 valence electrons. The van der Waals surface area contributed by atoms with Crippen LogP contribution in [-0.4, -0.2) is 29.1 Å². The molecule has 0 radical (unpaired) electrons. The minimum Gasteiger partial charge on any atom is -0.371 e. The van der Waals surface area contributed by atoms with Gasteiger partial charge in [0.05, 0.1) is 0 Å². The molecule has 2 rings (SSSR count). The van der Waals surface area contributed by atoms with Crippen molar-refractivity contribution in [1.82, 2.24) is 9.88 Å². The Labute approximate surface area is 121 Å². The first kappa shape index (κ1) is 14.9. The summed E-state index contributed by atoms with van der Waals surface area (Å²) in [5, 5.41) is 1.17. The number of hydrogen-bond acceptors (Lipinski definition) is 4. The van der Waals surface area contributed by atoms with Crippen LogP contribution in [0.4, 0.5) is 0 Å². The maximum atomic E-state index is 5.71. The standard InChI is InChI=1S/C15H26N2OS/c1-4-12(5-2)17(6-3)11-13-10-16-15(19-13)14-8-7-9-18-14/h10,12,14H,4-9,11H2,1-3H3. The summed E-state index contributed by atoms with van der Waals surface area (Å²) in [4.78, 5) is 8.50. The van der Waals surface area contributed by atoms with Crippen LogP contribution in [-0.2, 0) is 11.3 Å². The molecule has 0 aromatic carbocycles. The number of aromatic nitrogens is 1. The summed E-state index contributed by atoms with van der Waals surface area (Å²) in [7, 11) is 0. The molecule has 0 bridgehead atoms. The Balaban J connectivity index is 1.97. The zero-order valence-electron chi connectivity index (χ0n) is 12.4. The fourth-order valence-electron chi connectivity index (χ4n) is 2.82. The minimum atomic E-state index is 0.266. The summed E-state index contributed by atoms with van der Waals surface area (Å²) in [6, 6.07) is 0.693. The van der Waals surface area contributed by atoms with Crippen molar-refractivity contribution < 1.29 is 4.74 Å². The first-order valence-electron chi connectivity index (χ1n) is 7.58. The zero-order valence-corrected chi connectivity index (χ0v) is 13.2. The number of nitrogens with zero attached hydrogens (tertiary/aromatic N) is 2. The molecule has 1 aromatic rings. The van der Waals surface area contributed by atoms with Crippen molar-refractivity contribution in [3.05, 3.63) is 16.1 Å². The fraction of sp³-hybridized carbons (Fsp3) is 0.800. The highest BCUT2D eigenvalue weighted by Gasteiger charge is 2.22. The third-order valence-corrected chi connectivity index (χ3v) is 5.07. The van der Waals surface area contributed by atoms with Gasteiger partial charge in [0, 0.05) is 30.3 Å². The fourth-order valence-corrected chi connectivity index (χ4v) is 3.85. The SMILES string of the molecule is CCC(CC)N(CC)Cc1cnc(C2CCCO2)s1. The van der Waals surface area contributed by atoms with Crippen LogP contribution in [0.1, 0.15) is 62.4 Å². The van der Waals surface area contributed by atoms with Gasteiger partial charge in [0.25, 0.3) is 0 Å². The first-order valence-corrected chi connectivity index (χ1v) is 8.40. The van der Waals surface area contributed by atoms with E-state index in [0.717, 1.165) is 26.1 Å². The van der Waals surface area contributed by atoms with E-state index in [2.05, 4.69) is 30.7 Å². The average molecular weight is 282 g/mol. The molecule has 1 aliphatic heterocycles. The molecule has 0 spiro atoms. The Morgan fingerprint density at radius 2 is 2.21 bits per heavy atom. The highest BCUT2D eigenvalue weighted by molar-refractivity contribution is 7.11. The molecule has 1 unspecified atom stereocenters. The third kappa shape index (κ3) is 3.77. The summed E-state index contributed by atoms with van der Waals surface area (Å²) in [5.41, 5.74) is 0. The van der Waals surface area contributed by atoms with Gasteiger partial charge < -0.3 is 4.74 Å². The summed E-state index contributed by atoms with van der Waals surface area (Å²) in [6.45, 7) is 9.85. The molecule has 1 aliphatic rings. The summed E-state index contributed by atoms with van der Waals surface area (Å²) < 4.78 is 5.71. The van der Waals surface area contributed by atoms with E-state index >= 15 is 0 Å². The zero-order chi connectivity index (χ0) is 13.7. The molecule has 0 N–H and O–H groups in total. The van der Waals surface area contributed by atoms with E-state index < -0.39 is 0 Å². The second-order valence-electron chi connectivity index (χ2n) is 5.20. The Bertz CT molecular complexity index is 370. The van der Waals surface area contributed by atoms with Crippen molar-refractivity contribution in [3.8, 4) is 0 Å². The van der Waals surface area contributed by atoms with Crippen LogP contribution >= 0.6 is 11.3 Å². The number of ether oxygens (including phenoxy) is 1. The second-order valence-corrected chi connectivity index (χ2v) is 6.35. The largest absolute Gasteiger partial charge is 0.371 e. The van der Waals surface area contributed by atoms with Crippen LogP contribution < -0.4 is 0 Å². The van der Waals surface area contributed by atoms with Gasteiger partial charge in [-0.3, -0.25) is 4.90 Å². The maximum Gasteiger partial charge on any atom is 0.122 e. The van der Waals surface area contributed by atoms with Gasteiger partial charge in [0.2, 0.25) is 0 Å². The monoisotopic (exact) mass is 282 g/mol. The number of rotatable bonds is 7. The van der Waals surface area contributed by atoms with Crippen molar-refractivity contribution in [2.75, 3.05) is 13.2 Å². The predicted octanol–water partition coefficient (Wildman–Crippen LogP) is 4.01. The van der Waals surface area contributed by atoms with Crippen LogP contribution in [0.3, 0.4) is 0 Å². The summed E-state index contributed by atoms with van der Waals surface area (Å²) in [5.74, 6) is 0. The van der Waals surface area contributed by atoms with Gasteiger partial charge in [0.15, 0.2) is 0 Å². The Morgan fingerprint density at radius 3 is 2.79 bits per heavy atom. The molecule has 2 heterocycles. The van der Waals surface area contributed by atoms with Crippen molar-refractivity contribution in [1.29, 1.82) is 0 Å². The molecular weight excluding hydrogens is 256 g/mol. The Kier molecular flexibility index (Phi) is 5.79. The average Bonchev–Trinajstić information content (AvgIpc) is 3.09. The molecule has 1 saturated heterocycles. The lowest BCUT2D eigenvalue weighted by atomic mass is 10.1. The smallest absolute Gasteiger partial charge is 0.122 e. The second kappa shape index (κ2) is 7.36. The molecule has 1 atom stereocenters. The van der Waals surface area contributed by atoms with Gasteiger partial charge in [-0.15, -0.1) is 11.3 Å². The van der Waals surface area contributed by atoms with Gasteiger partial charge in [-0.2, -0.15) is 0 Å². The van der Waals surface area contributed by atoms with Crippen molar-refractivity contribution >= 4 is 11.3 Å².